The molecule has 4 nitrogen and oxygen atoms in total. The standard InChI is InChI=1S/C16H18O4S2/c1-3-19-15(17)13(11-7-9-21-10-11)14(16(18)20-4-2)12-6-5-8-22-12/h5-10,13-14H,3-4H2,1-2H3. The van der Waals surface area contributed by atoms with Crippen LogP contribution in [-0.2, 0) is 19.1 Å². The van der Waals surface area contributed by atoms with Gasteiger partial charge in [0.1, 0.15) is 11.8 Å². The van der Waals surface area contributed by atoms with Crippen molar-refractivity contribution in [2.75, 3.05) is 13.2 Å². The minimum atomic E-state index is -0.677. The molecular formula is C16H18O4S2. The van der Waals surface area contributed by atoms with Crippen LogP contribution in [0.3, 0.4) is 0 Å². The molecule has 0 fully saturated rings. The topological polar surface area (TPSA) is 52.6 Å². The minimum Gasteiger partial charge on any atom is -0.465 e. The van der Waals surface area contributed by atoms with Crippen molar-refractivity contribution >= 4 is 34.6 Å². The summed E-state index contributed by atoms with van der Waals surface area (Å²) in [5, 5.41) is 5.65. The summed E-state index contributed by atoms with van der Waals surface area (Å²) in [5.41, 5.74) is 0.787. The SMILES string of the molecule is CCOC(=O)C(c1ccsc1)C(C(=O)OCC)c1cccs1. The van der Waals surface area contributed by atoms with Crippen LogP contribution in [0.25, 0.3) is 0 Å². The number of rotatable bonds is 7. The van der Waals surface area contributed by atoms with Gasteiger partial charge in [0.25, 0.3) is 0 Å². The zero-order valence-electron chi connectivity index (χ0n) is 12.5. The molecule has 0 N–H and O–H groups in total. The van der Waals surface area contributed by atoms with E-state index in [0.717, 1.165) is 10.4 Å². The fourth-order valence-electron chi connectivity index (χ4n) is 2.27. The van der Waals surface area contributed by atoms with Gasteiger partial charge in [0.2, 0.25) is 0 Å². The van der Waals surface area contributed by atoms with Crippen LogP contribution in [0.5, 0.6) is 0 Å². The van der Waals surface area contributed by atoms with Crippen molar-refractivity contribution in [1.29, 1.82) is 0 Å². The van der Waals surface area contributed by atoms with Crippen LogP contribution < -0.4 is 0 Å². The third kappa shape index (κ3) is 3.75. The third-order valence-electron chi connectivity index (χ3n) is 3.17. The fourth-order valence-corrected chi connectivity index (χ4v) is 3.81. The van der Waals surface area contributed by atoms with E-state index in [1.165, 1.54) is 22.7 Å². The number of hydrogen-bond donors (Lipinski definition) is 0. The van der Waals surface area contributed by atoms with Crippen molar-refractivity contribution in [2.24, 2.45) is 0 Å². The molecule has 0 spiro atoms. The van der Waals surface area contributed by atoms with Gasteiger partial charge in [0.15, 0.2) is 0 Å². The van der Waals surface area contributed by atoms with E-state index in [1.807, 2.05) is 34.3 Å². The van der Waals surface area contributed by atoms with Crippen LogP contribution in [0.4, 0.5) is 0 Å². The Labute approximate surface area is 137 Å². The molecule has 2 unspecified atom stereocenters. The van der Waals surface area contributed by atoms with Crippen LogP contribution in [0.1, 0.15) is 36.1 Å². The molecule has 0 aliphatic carbocycles. The van der Waals surface area contributed by atoms with Crippen molar-refractivity contribution in [3.8, 4) is 0 Å². The Hall–Kier alpha value is -1.66. The van der Waals surface area contributed by atoms with Crippen molar-refractivity contribution in [3.63, 3.8) is 0 Å². The van der Waals surface area contributed by atoms with Gasteiger partial charge in [0, 0.05) is 4.88 Å². The highest BCUT2D eigenvalue weighted by molar-refractivity contribution is 7.10. The largest absolute Gasteiger partial charge is 0.465 e. The van der Waals surface area contributed by atoms with Crippen LogP contribution >= 0.6 is 22.7 Å². The first-order valence-corrected chi connectivity index (χ1v) is 8.90. The second-order valence-electron chi connectivity index (χ2n) is 4.53. The molecule has 0 aromatic carbocycles. The Morgan fingerprint density at radius 2 is 1.73 bits per heavy atom. The Morgan fingerprint density at radius 1 is 1.05 bits per heavy atom. The van der Waals surface area contributed by atoms with Gasteiger partial charge in [-0.1, -0.05) is 6.07 Å². The van der Waals surface area contributed by atoms with Crippen LogP contribution in [0.15, 0.2) is 34.3 Å². The van der Waals surface area contributed by atoms with Crippen molar-refractivity contribution in [3.05, 3.63) is 44.8 Å². The van der Waals surface area contributed by atoms with Crippen LogP contribution in [-0.4, -0.2) is 25.2 Å². The summed E-state index contributed by atoms with van der Waals surface area (Å²) in [7, 11) is 0. The van der Waals surface area contributed by atoms with E-state index in [-0.39, 0.29) is 13.2 Å². The van der Waals surface area contributed by atoms with E-state index >= 15 is 0 Å². The Bertz CT molecular complexity index is 535. The molecule has 0 amide bonds. The Balaban J connectivity index is 2.43. The predicted octanol–water partition coefficient (Wildman–Crippen LogP) is 3.80. The summed E-state index contributed by atoms with van der Waals surface area (Å²) in [6, 6.07) is 5.57. The lowest BCUT2D eigenvalue weighted by Gasteiger charge is -2.22. The van der Waals surface area contributed by atoms with Crippen molar-refractivity contribution in [2.45, 2.75) is 25.7 Å². The molecular weight excluding hydrogens is 320 g/mol. The number of carbonyl (C=O) groups excluding carboxylic acids is 2. The molecule has 0 radical (unpaired) electrons. The molecule has 0 saturated heterocycles. The molecule has 2 aromatic rings. The summed E-state index contributed by atoms with van der Waals surface area (Å²) in [5.74, 6) is -2.14. The van der Waals surface area contributed by atoms with Crippen molar-refractivity contribution in [1.82, 2.24) is 0 Å². The number of carbonyl (C=O) groups is 2. The average molecular weight is 338 g/mol. The summed E-state index contributed by atoms with van der Waals surface area (Å²) < 4.78 is 10.4. The quantitative estimate of drug-likeness (QED) is 0.721. The zero-order chi connectivity index (χ0) is 15.9. The van der Waals surface area contributed by atoms with E-state index in [2.05, 4.69) is 0 Å². The highest BCUT2D eigenvalue weighted by Gasteiger charge is 2.39. The number of hydrogen-bond acceptors (Lipinski definition) is 6. The van der Waals surface area contributed by atoms with E-state index in [4.69, 9.17) is 9.47 Å². The van der Waals surface area contributed by atoms with E-state index in [9.17, 15) is 9.59 Å². The molecule has 2 heterocycles. The Morgan fingerprint density at radius 3 is 2.23 bits per heavy atom. The lowest BCUT2D eigenvalue weighted by Crippen LogP contribution is -2.28. The van der Waals surface area contributed by atoms with E-state index < -0.39 is 23.8 Å². The summed E-state index contributed by atoms with van der Waals surface area (Å²) in [6.07, 6.45) is 0. The minimum absolute atomic E-state index is 0.277. The van der Waals surface area contributed by atoms with E-state index in [0.29, 0.717) is 0 Å². The first-order valence-electron chi connectivity index (χ1n) is 7.07. The summed E-state index contributed by atoms with van der Waals surface area (Å²) >= 11 is 2.93. The maximum atomic E-state index is 12.5. The first kappa shape index (κ1) is 16.7. The van der Waals surface area contributed by atoms with Gasteiger partial charge in [-0.15, -0.1) is 11.3 Å². The van der Waals surface area contributed by atoms with Gasteiger partial charge in [0.05, 0.1) is 13.2 Å². The highest BCUT2D eigenvalue weighted by Crippen LogP contribution is 2.38. The lowest BCUT2D eigenvalue weighted by molar-refractivity contribution is -0.153. The molecule has 2 rings (SSSR count). The van der Waals surface area contributed by atoms with Gasteiger partial charge in [-0.3, -0.25) is 9.59 Å². The lowest BCUT2D eigenvalue weighted by atomic mass is 9.86. The normalized spacial score (nSPS) is 13.4. The molecule has 2 aromatic heterocycles. The molecule has 0 aliphatic rings. The van der Waals surface area contributed by atoms with E-state index in [1.54, 1.807) is 13.8 Å². The van der Waals surface area contributed by atoms with Gasteiger partial charge < -0.3 is 9.47 Å². The average Bonchev–Trinajstić information content (AvgIpc) is 3.18. The van der Waals surface area contributed by atoms with Crippen LogP contribution in [0.2, 0.25) is 0 Å². The maximum absolute atomic E-state index is 12.5. The third-order valence-corrected chi connectivity index (χ3v) is 4.82. The molecule has 0 aliphatic heterocycles. The van der Waals surface area contributed by atoms with Crippen molar-refractivity contribution < 1.29 is 19.1 Å². The molecule has 118 valence electrons. The maximum Gasteiger partial charge on any atom is 0.315 e. The van der Waals surface area contributed by atoms with Crippen LogP contribution in [0, 0.1) is 0 Å². The second-order valence-corrected chi connectivity index (χ2v) is 6.29. The van der Waals surface area contributed by atoms with Gasteiger partial charge >= 0.3 is 11.9 Å². The fraction of sp³-hybridized carbons (Fsp3) is 0.375. The monoisotopic (exact) mass is 338 g/mol. The highest BCUT2D eigenvalue weighted by atomic mass is 32.1. The summed E-state index contributed by atoms with van der Waals surface area (Å²) in [4.78, 5) is 25.7. The van der Waals surface area contributed by atoms with Gasteiger partial charge in [-0.25, -0.2) is 0 Å². The molecule has 0 bridgehead atoms. The Kier molecular flexibility index (Phi) is 6.15. The van der Waals surface area contributed by atoms with Gasteiger partial charge in [-0.2, -0.15) is 11.3 Å². The molecule has 22 heavy (non-hydrogen) atoms. The number of thiophene rings is 2. The molecule has 6 heteroatoms. The first-order chi connectivity index (χ1) is 10.7. The predicted molar refractivity (Wildman–Crippen MR) is 87.4 cm³/mol. The summed E-state index contributed by atoms with van der Waals surface area (Å²) in [6.45, 7) is 4.07. The smallest absolute Gasteiger partial charge is 0.315 e. The molecule has 2 atom stereocenters. The molecule has 0 saturated carbocycles. The second kappa shape index (κ2) is 8.10. The zero-order valence-corrected chi connectivity index (χ0v) is 14.1. The number of esters is 2. The van der Waals surface area contributed by atoms with Gasteiger partial charge in [-0.05, 0) is 47.7 Å². The number of ether oxygens (including phenoxy) is 2.